The molecule has 3 rings (SSSR count). The normalized spacial score (nSPS) is 12.7. The number of hydrogen-bond acceptors (Lipinski definition) is 5. The Balaban J connectivity index is 2.09. The topological polar surface area (TPSA) is 63.8 Å². The van der Waals surface area contributed by atoms with Gasteiger partial charge < -0.3 is 0 Å². The number of hydrazine groups is 1. The van der Waals surface area contributed by atoms with Crippen LogP contribution in [0.2, 0.25) is 0 Å². The highest BCUT2D eigenvalue weighted by Crippen LogP contribution is 2.28. The molecule has 0 spiro atoms. The Morgan fingerprint density at radius 2 is 2.11 bits per heavy atom. The number of pyridine rings is 1. The van der Waals surface area contributed by atoms with E-state index in [9.17, 15) is 0 Å². The van der Waals surface area contributed by atoms with Crippen LogP contribution in [0.1, 0.15) is 22.2 Å². The SMILES string of the molecule is Cc1ncsc1C(NN)c1cnc2ccccc2c1. The van der Waals surface area contributed by atoms with Crippen LogP contribution in [0.15, 0.2) is 42.0 Å². The third-order valence-corrected chi connectivity index (χ3v) is 4.15. The van der Waals surface area contributed by atoms with Gasteiger partial charge in [-0.2, -0.15) is 0 Å². The van der Waals surface area contributed by atoms with Gasteiger partial charge in [-0.25, -0.2) is 10.4 Å². The second-order valence-electron chi connectivity index (χ2n) is 4.36. The predicted octanol–water partition coefficient (Wildman–Crippen LogP) is 2.55. The molecule has 1 atom stereocenters. The largest absolute Gasteiger partial charge is 0.271 e. The zero-order valence-corrected chi connectivity index (χ0v) is 11.3. The fraction of sp³-hybridized carbons (Fsp3) is 0.143. The highest BCUT2D eigenvalue weighted by atomic mass is 32.1. The minimum absolute atomic E-state index is 0.0652. The number of aryl methyl sites for hydroxylation is 1. The first-order chi connectivity index (χ1) is 9.29. The van der Waals surface area contributed by atoms with Crippen LogP contribution in [0.5, 0.6) is 0 Å². The Labute approximate surface area is 115 Å². The Morgan fingerprint density at radius 3 is 2.84 bits per heavy atom. The van der Waals surface area contributed by atoms with E-state index >= 15 is 0 Å². The van der Waals surface area contributed by atoms with E-state index in [4.69, 9.17) is 5.84 Å². The summed E-state index contributed by atoms with van der Waals surface area (Å²) in [5.41, 5.74) is 7.73. The molecule has 2 heterocycles. The van der Waals surface area contributed by atoms with Crippen molar-refractivity contribution in [3.05, 3.63) is 58.2 Å². The van der Waals surface area contributed by atoms with Crippen molar-refractivity contribution in [3.8, 4) is 0 Å². The number of nitrogens with one attached hydrogen (secondary N) is 1. The number of nitrogens with two attached hydrogens (primary N) is 1. The van der Waals surface area contributed by atoms with E-state index in [0.717, 1.165) is 27.0 Å². The molecule has 1 unspecified atom stereocenters. The Kier molecular flexibility index (Phi) is 3.25. The van der Waals surface area contributed by atoms with Crippen LogP contribution in [-0.2, 0) is 0 Å². The molecule has 0 aliphatic carbocycles. The third-order valence-electron chi connectivity index (χ3n) is 3.16. The molecule has 4 nitrogen and oxygen atoms in total. The van der Waals surface area contributed by atoms with Crippen molar-refractivity contribution in [1.29, 1.82) is 0 Å². The lowest BCUT2D eigenvalue weighted by Crippen LogP contribution is -2.28. The lowest BCUT2D eigenvalue weighted by molar-refractivity contribution is 0.641. The summed E-state index contributed by atoms with van der Waals surface area (Å²) < 4.78 is 0. The number of rotatable bonds is 3. The monoisotopic (exact) mass is 270 g/mol. The van der Waals surface area contributed by atoms with Crippen molar-refractivity contribution in [2.24, 2.45) is 5.84 Å². The molecule has 0 fully saturated rings. The molecule has 0 aliphatic heterocycles. The maximum absolute atomic E-state index is 5.71. The summed E-state index contributed by atoms with van der Waals surface area (Å²) in [4.78, 5) is 9.88. The molecule has 0 amide bonds. The van der Waals surface area contributed by atoms with Crippen LogP contribution in [0.4, 0.5) is 0 Å². The van der Waals surface area contributed by atoms with Crippen LogP contribution in [-0.4, -0.2) is 9.97 Å². The van der Waals surface area contributed by atoms with Gasteiger partial charge in [-0.05, 0) is 24.6 Å². The van der Waals surface area contributed by atoms with E-state index in [-0.39, 0.29) is 6.04 Å². The van der Waals surface area contributed by atoms with Crippen molar-refractivity contribution in [1.82, 2.24) is 15.4 Å². The third kappa shape index (κ3) is 2.23. The van der Waals surface area contributed by atoms with Gasteiger partial charge >= 0.3 is 0 Å². The molecular formula is C14H14N4S. The first kappa shape index (κ1) is 12.2. The van der Waals surface area contributed by atoms with Crippen LogP contribution >= 0.6 is 11.3 Å². The maximum atomic E-state index is 5.71. The second-order valence-corrected chi connectivity index (χ2v) is 5.25. The highest BCUT2D eigenvalue weighted by Gasteiger charge is 2.17. The first-order valence-electron chi connectivity index (χ1n) is 6.00. The number of para-hydroxylation sites is 1. The summed E-state index contributed by atoms with van der Waals surface area (Å²) >= 11 is 1.60. The van der Waals surface area contributed by atoms with Gasteiger partial charge in [0.2, 0.25) is 0 Å². The van der Waals surface area contributed by atoms with E-state index < -0.39 is 0 Å². The van der Waals surface area contributed by atoms with Crippen LogP contribution in [0.3, 0.4) is 0 Å². The van der Waals surface area contributed by atoms with E-state index in [1.165, 1.54) is 0 Å². The summed E-state index contributed by atoms with van der Waals surface area (Å²) in [5, 5.41) is 1.11. The van der Waals surface area contributed by atoms with Crippen LogP contribution in [0.25, 0.3) is 10.9 Å². The standard InChI is InChI=1S/C14H14N4S/c1-9-14(19-8-17-9)13(18-15)11-6-10-4-2-3-5-12(10)16-7-11/h2-8,13,18H,15H2,1H3. The van der Waals surface area contributed by atoms with Crippen molar-refractivity contribution >= 4 is 22.2 Å². The number of thiazole rings is 1. The quantitative estimate of drug-likeness (QED) is 0.567. The van der Waals surface area contributed by atoms with Gasteiger partial charge in [-0.15, -0.1) is 11.3 Å². The average Bonchev–Trinajstić information content (AvgIpc) is 2.86. The van der Waals surface area contributed by atoms with Gasteiger partial charge in [-0.3, -0.25) is 10.8 Å². The smallest absolute Gasteiger partial charge is 0.0836 e. The minimum Gasteiger partial charge on any atom is -0.271 e. The van der Waals surface area contributed by atoms with Crippen molar-refractivity contribution < 1.29 is 0 Å². The minimum atomic E-state index is -0.0652. The zero-order chi connectivity index (χ0) is 13.2. The van der Waals surface area contributed by atoms with Gasteiger partial charge in [0.05, 0.1) is 27.6 Å². The molecule has 3 aromatic rings. The molecule has 2 aromatic heterocycles. The number of benzene rings is 1. The van der Waals surface area contributed by atoms with Gasteiger partial charge in [0.1, 0.15) is 0 Å². The van der Waals surface area contributed by atoms with E-state index in [1.807, 2.05) is 36.8 Å². The molecule has 0 aliphatic rings. The summed E-state index contributed by atoms with van der Waals surface area (Å²) in [6.45, 7) is 1.99. The first-order valence-corrected chi connectivity index (χ1v) is 6.88. The van der Waals surface area contributed by atoms with Gasteiger partial charge in [-0.1, -0.05) is 18.2 Å². The zero-order valence-electron chi connectivity index (χ0n) is 10.5. The van der Waals surface area contributed by atoms with E-state index in [0.29, 0.717) is 0 Å². The van der Waals surface area contributed by atoms with Crippen LogP contribution < -0.4 is 11.3 Å². The number of hydrogen-bond donors (Lipinski definition) is 2. The average molecular weight is 270 g/mol. The number of fused-ring (bicyclic) bond motifs is 1. The fourth-order valence-electron chi connectivity index (χ4n) is 2.16. The molecule has 0 radical (unpaired) electrons. The second kappa shape index (κ2) is 5.05. The van der Waals surface area contributed by atoms with E-state index in [2.05, 4.69) is 27.5 Å². The Hall–Kier alpha value is -1.82. The fourth-order valence-corrected chi connectivity index (χ4v) is 3.05. The van der Waals surface area contributed by atoms with Crippen LogP contribution in [0, 0.1) is 6.92 Å². The lowest BCUT2D eigenvalue weighted by Gasteiger charge is -2.15. The summed E-state index contributed by atoms with van der Waals surface area (Å²) in [7, 11) is 0. The molecule has 0 bridgehead atoms. The summed E-state index contributed by atoms with van der Waals surface area (Å²) in [6.07, 6.45) is 1.87. The van der Waals surface area contributed by atoms with Crippen molar-refractivity contribution in [2.45, 2.75) is 13.0 Å². The molecule has 3 N–H and O–H groups in total. The predicted molar refractivity (Wildman–Crippen MR) is 77.8 cm³/mol. The number of nitrogens with zero attached hydrogens (tertiary/aromatic N) is 2. The summed E-state index contributed by atoms with van der Waals surface area (Å²) in [6, 6.07) is 10.1. The molecule has 19 heavy (non-hydrogen) atoms. The molecular weight excluding hydrogens is 256 g/mol. The molecule has 96 valence electrons. The molecule has 5 heteroatoms. The van der Waals surface area contributed by atoms with E-state index in [1.54, 1.807) is 11.3 Å². The van der Waals surface area contributed by atoms with Crippen molar-refractivity contribution in [2.75, 3.05) is 0 Å². The van der Waals surface area contributed by atoms with Gasteiger partial charge in [0.25, 0.3) is 0 Å². The lowest BCUT2D eigenvalue weighted by atomic mass is 10.0. The molecule has 0 saturated heterocycles. The van der Waals surface area contributed by atoms with Gasteiger partial charge in [0.15, 0.2) is 0 Å². The summed E-state index contributed by atoms with van der Waals surface area (Å²) in [5.74, 6) is 5.71. The highest BCUT2D eigenvalue weighted by molar-refractivity contribution is 7.09. The van der Waals surface area contributed by atoms with Gasteiger partial charge in [0, 0.05) is 11.6 Å². The Morgan fingerprint density at radius 1 is 1.26 bits per heavy atom. The number of aromatic nitrogens is 2. The maximum Gasteiger partial charge on any atom is 0.0836 e. The Bertz CT molecular complexity index is 707. The van der Waals surface area contributed by atoms with Crippen molar-refractivity contribution in [3.63, 3.8) is 0 Å². The molecule has 1 aromatic carbocycles. The molecule has 0 saturated carbocycles.